The van der Waals surface area contributed by atoms with Gasteiger partial charge in [-0.05, 0) is 56.4 Å². The van der Waals surface area contributed by atoms with Crippen molar-refractivity contribution in [2.45, 2.75) is 55.1 Å². The van der Waals surface area contributed by atoms with Gasteiger partial charge in [0, 0.05) is 48.7 Å². The molecular formula is C29H38ClN3O4S. The molecule has 9 heteroatoms. The van der Waals surface area contributed by atoms with Crippen molar-refractivity contribution in [1.29, 1.82) is 0 Å². The zero-order valence-corrected chi connectivity index (χ0v) is 23.6. The van der Waals surface area contributed by atoms with E-state index < -0.39 is 22.6 Å². The highest BCUT2D eigenvalue weighted by Gasteiger charge is 2.74. The number of nitrogens with zero attached hydrogens (tertiary/aromatic N) is 3. The van der Waals surface area contributed by atoms with Gasteiger partial charge in [0.05, 0.1) is 16.6 Å². The van der Waals surface area contributed by atoms with Gasteiger partial charge >= 0.3 is 0 Å². The molecule has 1 N–H and O–H groups in total. The lowest BCUT2D eigenvalue weighted by molar-refractivity contribution is -0.143. The molecule has 3 saturated heterocycles. The van der Waals surface area contributed by atoms with Gasteiger partial charge in [-0.25, -0.2) is 0 Å². The fraction of sp³-hybridized carbons (Fsp3) is 0.552. The number of amides is 3. The summed E-state index contributed by atoms with van der Waals surface area (Å²) < 4.78 is -0.656. The average Bonchev–Trinajstić information content (AvgIpc) is 3.55. The SMILES string of the molecule is C=CCN(CCC)C(=O)[C@@H]1[C@@H]2CCC3(S2)C(C(=O)N(CC=C)c2ccc(Cl)cc2)N(CCCCO)C(=O)[C@H]13. The molecule has 38 heavy (non-hydrogen) atoms. The summed E-state index contributed by atoms with van der Waals surface area (Å²) in [5.74, 6) is -1.27. The summed E-state index contributed by atoms with van der Waals surface area (Å²) in [4.78, 5) is 47.6. The van der Waals surface area contributed by atoms with Crippen LogP contribution in [-0.4, -0.2) is 81.5 Å². The molecular weight excluding hydrogens is 522 g/mol. The van der Waals surface area contributed by atoms with E-state index in [1.165, 1.54) is 0 Å². The topological polar surface area (TPSA) is 81.2 Å². The molecule has 4 rings (SSSR count). The Morgan fingerprint density at radius 3 is 2.53 bits per heavy atom. The fourth-order valence-electron chi connectivity index (χ4n) is 6.50. The van der Waals surface area contributed by atoms with E-state index in [2.05, 4.69) is 13.2 Å². The van der Waals surface area contributed by atoms with Crippen LogP contribution in [0.5, 0.6) is 0 Å². The van der Waals surface area contributed by atoms with E-state index >= 15 is 0 Å². The van der Waals surface area contributed by atoms with E-state index in [1.807, 2.05) is 11.8 Å². The van der Waals surface area contributed by atoms with Gasteiger partial charge in [-0.1, -0.05) is 30.7 Å². The number of thioether (sulfide) groups is 1. The van der Waals surface area contributed by atoms with Crippen molar-refractivity contribution in [3.63, 3.8) is 0 Å². The van der Waals surface area contributed by atoms with Crippen LogP contribution >= 0.6 is 23.4 Å². The van der Waals surface area contributed by atoms with Crippen molar-refractivity contribution < 1.29 is 19.5 Å². The zero-order chi connectivity index (χ0) is 27.4. The van der Waals surface area contributed by atoms with Crippen LogP contribution in [0.4, 0.5) is 5.69 Å². The number of unbranched alkanes of at least 4 members (excludes halogenated alkanes) is 1. The summed E-state index contributed by atoms with van der Waals surface area (Å²) in [5, 5.41) is 9.97. The molecule has 3 amide bonds. The number of benzene rings is 1. The van der Waals surface area contributed by atoms with Crippen LogP contribution in [0.1, 0.15) is 39.0 Å². The number of aliphatic hydroxyl groups excluding tert-OH is 1. The van der Waals surface area contributed by atoms with Crippen LogP contribution in [0.3, 0.4) is 0 Å². The quantitative estimate of drug-likeness (QED) is 0.290. The first kappa shape index (κ1) is 28.7. The van der Waals surface area contributed by atoms with Crippen molar-refractivity contribution >= 4 is 46.8 Å². The molecule has 3 fully saturated rings. The third kappa shape index (κ3) is 5.03. The minimum atomic E-state index is -0.693. The van der Waals surface area contributed by atoms with Crippen LogP contribution in [0.15, 0.2) is 49.6 Å². The normalized spacial score (nSPS) is 27.3. The second-order valence-electron chi connectivity index (χ2n) is 10.3. The number of anilines is 1. The molecule has 0 aromatic heterocycles. The van der Waals surface area contributed by atoms with Gasteiger partial charge in [-0.3, -0.25) is 14.4 Å². The highest BCUT2D eigenvalue weighted by molar-refractivity contribution is 8.02. The van der Waals surface area contributed by atoms with Gasteiger partial charge in [-0.2, -0.15) is 0 Å². The first-order valence-electron chi connectivity index (χ1n) is 13.5. The molecule has 3 aliphatic heterocycles. The van der Waals surface area contributed by atoms with Crippen molar-refractivity contribution in [1.82, 2.24) is 9.80 Å². The molecule has 0 radical (unpaired) electrons. The Labute approximate surface area is 234 Å². The number of rotatable bonds is 13. The van der Waals surface area contributed by atoms with Gasteiger partial charge in [0.15, 0.2) is 0 Å². The molecule has 5 atom stereocenters. The van der Waals surface area contributed by atoms with Crippen molar-refractivity contribution in [2.75, 3.05) is 37.7 Å². The molecule has 2 bridgehead atoms. The third-order valence-corrected chi connectivity index (χ3v) is 10.2. The fourth-order valence-corrected chi connectivity index (χ4v) is 8.83. The van der Waals surface area contributed by atoms with Crippen LogP contribution < -0.4 is 4.90 Å². The number of fused-ring (bicyclic) bond motifs is 1. The maximum Gasteiger partial charge on any atom is 0.251 e. The van der Waals surface area contributed by atoms with E-state index in [-0.39, 0.29) is 36.1 Å². The van der Waals surface area contributed by atoms with Crippen LogP contribution in [0.25, 0.3) is 0 Å². The van der Waals surface area contributed by atoms with Crippen LogP contribution in [0.2, 0.25) is 5.02 Å². The number of likely N-dealkylation sites (tertiary alicyclic amines) is 1. The third-order valence-electron chi connectivity index (χ3n) is 8.00. The first-order chi connectivity index (χ1) is 18.3. The van der Waals surface area contributed by atoms with E-state index in [4.69, 9.17) is 11.6 Å². The van der Waals surface area contributed by atoms with Gasteiger partial charge in [0.1, 0.15) is 6.04 Å². The predicted octanol–water partition coefficient (Wildman–Crippen LogP) is 4.15. The Kier molecular flexibility index (Phi) is 9.27. The lowest BCUT2D eigenvalue weighted by atomic mass is 9.70. The van der Waals surface area contributed by atoms with Crippen molar-refractivity contribution in [3.8, 4) is 0 Å². The van der Waals surface area contributed by atoms with Gasteiger partial charge < -0.3 is 19.8 Å². The molecule has 2 unspecified atom stereocenters. The molecule has 0 saturated carbocycles. The highest BCUT2D eigenvalue weighted by Crippen LogP contribution is 2.66. The Morgan fingerprint density at radius 2 is 1.89 bits per heavy atom. The Hall–Kier alpha value is -2.29. The van der Waals surface area contributed by atoms with Crippen molar-refractivity contribution in [2.24, 2.45) is 11.8 Å². The molecule has 7 nitrogen and oxygen atoms in total. The van der Waals surface area contributed by atoms with Crippen LogP contribution in [-0.2, 0) is 14.4 Å². The van der Waals surface area contributed by atoms with Crippen LogP contribution in [0, 0.1) is 11.8 Å². The number of aliphatic hydroxyl groups is 1. The maximum atomic E-state index is 14.4. The molecule has 1 spiro atoms. The van der Waals surface area contributed by atoms with Crippen molar-refractivity contribution in [3.05, 3.63) is 54.6 Å². The Balaban J connectivity index is 1.74. The van der Waals surface area contributed by atoms with Gasteiger partial charge in [-0.15, -0.1) is 24.9 Å². The molecule has 1 aromatic rings. The summed E-state index contributed by atoms with van der Waals surface area (Å²) in [7, 11) is 0. The number of hydrogen-bond donors (Lipinski definition) is 1. The lowest BCUT2D eigenvalue weighted by Gasteiger charge is -2.37. The second-order valence-corrected chi connectivity index (χ2v) is 12.3. The molecule has 3 heterocycles. The van der Waals surface area contributed by atoms with E-state index in [0.717, 1.165) is 12.8 Å². The number of carbonyl (C=O) groups excluding carboxylic acids is 3. The largest absolute Gasteiger partial charge is 0.396 e. The predicted molar refractivity (Wildman–Crippen MR) is 153 cm³/mol. The lowest BCUT2D eigenvalue weighted by Crippen LogP contribution is -2.55. The minimum absolute atomic E-state index is 0.00627. The van der Waals surface area contributed by atoms with Gasteiger partial charge in [0.25, 0.3) is 5.91 Å². The molecule has 1 aromatic carbocycles. The summed E-state index contributed by atoms with van der Waals surface area (Å²) in [6.07, 6.45) is 6.87. The summed E-state index contributed by atoms with van der Waals surface area (Å²) >= 11 is 7.79. The summed E-state index contributed by atoms with van der Waals surface area (Å²) in [6.45, 7) is 11.4. The second kappa shape index (κ2) is 12.3. The minimum Gasteiger partial charge on any atom is -0.396 e. The Bertz CT molecular complexity index is 1070. The average molecular weight is 560 g/mol. The molecule has 0 aliphatic carbocycles. The van der Waals surface area contributed by atoms with E-state index in [1.54, 1.807) is 58.0 Å². The van der Waals surface area contributed by atoms with E-state index in [9.17, 15) is 19.5 Å². The molecule has 3 aliphatic rings. The zero-order valence-electron chi connectivity index (χ0n) is 22.1. The standard InChI is InChI=1S/C29H38ClN3O4S/c1-4-15-31(16-5-2)26(35)23-22-13-14-29(38-22)24(23)27(36)33(18-7-8-19-34)25(29)28(37)32(17-6-3)21-11-9-20(30)10-12-21/h4,6,9-12,22-25,34H,1,3,5,7-8,13-19H2,2H3/t22-,23+,24-,25?,29?/m0/s1. The highest BCUT2D eigenvalue weighted by atomic mass is 35.5. The summed E-state index contributed by atoms with van der Waals surface area (Å²) in [5.41, 5.74) is 0.687. The number of halogens is 1. The maximum absolute atomic E-state index is 14.4. The van der Waals surface area contributed by atoms with E-state index in [0.29, 0.717) is 49.6 Å². The summed E-state index contributed by atoms with van der Waals surface area (Å²) in [6, 6.07) is 6.39. The Morgan fingerprint density at radius 1 is 1.18 bits per heavy atom. The number of carbonyl (C=O) groups is 3. The smallest absolute Gasteiger partial charge is 0.251 e. The first-order valence-corrected chi connectivity index (χ1v) is 14.8. The van der Waals surface area contributed by atoms with Gasteiger partial charge in [0.2, 0.25) is 11.8 Å². The molecule has 206 valence electrons. The number of hydrogen-bond acceptors (Lipinski definition) is 5. The monoisotopic (exact) mass is 559 g/mol.